The molecule has 0 bridgehead atoms. The lowest BCUT2D eigenvalue weighted by Gasteiger charge is -2.20. The molecule has 168 valence electrons. The molecule has 1 aliphatic rings. The van der Waals surface area contributed by atoms with Crippen LogP contribution in [0.25, 0.3) is 16.7 Å². The largest absolute Gasteiger partial charge is 0.505 e. The molecule has 0 radical (unpaired) electrons. The summed E-state index contributed by atoms with van der Waals surface area (Å²) >= 11 is 25.3. The highest BCUT2D eigenvalue weighted by Gasteiger charge is 2.38. The lowest BCUT2D eigenvalue weighted by atomic mass is 9.83. The number of aromatic nitrogens is 1. The highest BCUT2D eigenvalue weighted by atomic mass is 35.5. The van der Waals surface area contributed by atoms with Gasteiger partial charge in [0.15, 0.2) is 5.75 Å². The molecule has 0 unspecified atom stereocenters. The Balaban J connectivity index is 1.78. The van der Waals surface area contributed by atoms with Gasteiger partial charge >= 0.3 is 5.63 Å². The Labute approximate surface area is 211 Å². The molecule has 0 saturated heterocycles. The van der Waals surface area contributed by atoms with Crippen molar-refractivity contribution in [3.8, 4) is 11.4 Å². The first-order valence-electron chi connectivity index (χ1n) is 9.60. The van der Waals surface area contributed by atoms with Gasteiger partial charge in [-0.3, -0.25) is 9.36 Å². The van der Waals surface area contributed by atoms with Crippen LogP contribution < -0.4 is 11.2 Å². The Morgan fingerprint density at radius 3 is 2.39 bits per heavy atom. The Morgan fingerprint density at radius 1 is 0.970 bits per heavy atom. The molecule has 3 heterocycles. The zero-order valence-electron chi connectivity index (χ0n) is 17.0. The second kappa shape index (κ2) is 7.72. The van der Waals surface area contributed by atoms with E-state index in [9.17, 15) is 14.7 Å². The van der Waals surface area contributed by atoms with Crippen molar-refractivity contribution in [1.29, 1.82) is 0 Å². The molecule has 0 fully saturated rings. The van der Waals surface area contributed by atoms with Crippen LogP contribution in [0.15, 0.2) is 60.2 Å². The van der Waals surface area contributed by atoms with Gasteiger partial charge in [0, 0.05) is 27.1 Å². The smallest absolute Gasteiger partial charge is 0.354 e. The van der Waals surface area contributed by atoms with Crippen LogP contribution in [-0.4, -0.2) is 9.67 Å². The predicted molar refractivity (Wildman–Crippen MR) is 132 cm³/mol. The van der Waals surface area contributed by atoms with Crippen LogP contribution in [0.3, 0.4) is 0 Å². The average molecular weight is 541 g/mol. The number of aromatic hydroxyl groups is 1. The van der Waals surface area contributed by atoms with Crippen LogP contribution in [0.5, 0.6) is 5.75 Å². The zero-order valence-corrected chi connectivity index (χ0v) is 20.8. The highest BCUT2D eigenvalue weighted by Crippen LogP contribution is 2.45. The van der Waals surface area contributed by atoms with Gasteiger partial charge in [0.1, 0.15) is 15.9 Å². The summed E-state index contributed by atoms with van der Waals surface area (Å²) in [6.07, 6.45) is 0. The highest BCUT2D eigenvalue weighted by molar-refractivity contribution is 7.99. The number of hydrogen-bond acceptors (Lipinski definition) is 5. The molecule has 1 aliphatic heterocycles. The lowest BCUT2D eigenvalue weighted by molar-refractivity contribution is 0.445. The van der Waals surface area contributed by atoms with Gasteiger partial charge in [-0.05, 0) is 35.9 Å². The Hall–Kier alpha value is -2.09. The van der Waals surface area contributed by atoms with Gasteiger partial charge in [0.25, 0.3) is 5.56 Å². The van der Waals surface area contributed by atoms with Crippen molar-refractivity contribution >= 4 is 69.1 Å². The van der Waals surface area contributed by atoms with E-state index in [4.69, 9.17) is 50.8 Å². The third-order valence-corrected chi connectivity index (χ3v) is 8.22. The number of nitrogens with zero attached hydrogens (tertiary/aromatic N) is 1. The van der Waals surface area contributed by atoms with E-state index in [0.29, 0.717) is 21.3 Å². The summed E-state index contributed by atoms with van der Waals surface area (Å²) in [5.41, 5.74) is 0.203. The first kappa shape index (κ1) is 22.7. The lowest BCUT2D eigenvalue weighted by Crippen LogP contribution is -2.24. The summed E-state index contributed by atoms with van der Waals surface area (Å²) in [5, 5.41) is 12.1. The zero-order chi connectivity index (χ0) is 23.8. The van der Waals surface area contributed by atoms with E-state index in [2.05, 4.69) is 0 Å². The number of rotatable bonds is 2. The molecule has 1 N–H and O–H groups in total. The molecule has 2 aromatic carbocycles. The molecule has 0 amide bonds. The topological polar surface area (TPSA) is 72.4 Å². The third kappa shape index (κ3) is 3.39. The summed E-state index contributed by atoms with van der Waals surface area (Å²) in [5.74, 6) is -0.492. The first-order valence-corrected chi connectivity index (χ1v) is 11.9. The van der Waals surface area contributed by atoms with Crippen LogP contribution in [-0.2, 0) is 5.41 Å². The van der Waals surface area contributed by atoms with Crippen LogP contribution in [0, 0.1) is 0 Å². The minimum Gasteiger partial charge on any atom is -0.505 e. The number of halogens is 4. The van der Waals surface area contributed by atoms with E-state index in [0.717, 1.165) is 17.3 Å². The van der Waals surface area contributed by atoms with Gasteiger partial charge in [-0.15, -0.1) is 0 Å². The first-order chi connectivity index (χ1) is 15.5. The minimum absolute atomic E-state index is 0.00897. The fraction of sp³-hybridized carbons (Fsp3) is 0.130. The van der Waals surface area contributed by atoms with Gasteiger partial charge < -0.3 is 9.52 Å². The molecular weight excluding hydrogens is 528 g/mol. The summed E-state index contributed by atoms with van der Waals surface area (Å²) in [6, 6.07) is 9.76. The van der Waals surface area contributed by atoms with Crippen molar-refractivity contribution in [3.63, 3.8) is 0 Å². The van der Waals surface area contributed by atoms with Gasteiger partial charge in [0.05, 0.1) is 20.8 Å². The van der Waals surface area contributed by atoms with E-state index in [1.165, 1.54) is 16.7 Å². The number of pyridine rings is 1. The molecule has 0 spiro atoms. The minimum atomic E-state index is -0.812. The molecule has 33 heavy (non-hydrogen) atoms. The SMILES string of the molecule is CC1(C)c2cc(Cl)ccc2-n2c1cc1oc(=O)c(Sc3cc(Cl)c(Cl)cc3Cl)c(O)c1c2=O. The summed E-state index contributed by atoms with van der Waals surface area (Å²) in [4.78, 5) is 26.6. The summed E-state index contributed by atoms with van der Waals surface area (Å²) < 4.78 is 6.99. The third-order valence-electron chi connectivity index (χ3n) is 5.71. The van der Waals surface area contributed by atoms with Crippen molar-refractivity contribution in [2.45, 2.75) is 29.1 Å². The quantitative estimate of drug-likeness (QED) is 0.276. The molecule has 2 aromatic heterocycles. The standard InChI is InChI=1S/C23H13Cl4NO4S/c1-23(2)10-5-9(24)3-4-14(10)28-17(23)8-15-18(21(28)30)19(29)20(22(31)32-15)33-16-7-12(26)11(25)6-13(16)27/h3-8,29H,1-2H3. The van der Waals surface area contributed by atoms with E-state index in [1.54, 1.807) is 24.3 Å². The van der Waals surface area contributed by atoms with Crippen molar-refractivity contribution in [2.75, 3.05) is 0 Å². The monoisotopic (exact) mass is 539 g/mol. The molecule has 10 heteroatoms. The molecule has 0 saturated carbocycles. The maximum absolute atomic E-state index is 13.6. The average Bonchev–Trinajstić information content (AvgIpc) is 2.95. The molecule has 0 atom stereocenters. The van der Waals surface area contributed by atoms with E-state index < -0.39 is 22.3 Å². The van der Waals surface area contributed by atoms with Crippen molar-refractivity contribution in [2.24, 2.45) is 0 Å². The number of benzene rings is 2. The Kier molecular flexibility index (Phi) is 5.31. The maximum Gasteiger partial charge on any atom is 0.354 e. The molecule has 4 aromatic rings. The van der Waals surface area contributed by atoms with E-state index in [1.807, 2.05) is 13.8 Å². The van der Waals surface area contributed by atoms with Crippen LogP contribution in [0.1, 0.15) is 25.1 Å². The van der Waals surface area contributed by atoms with Crippen molar-refractivity contribution < 1.29 is 9.52 Å². The summed E-state index contributed by atoms with van der Waals surface area (Å²) in [7, 11) is 0. The van der Waals surface area contributed by atoms with Crippen LogP contribution in [0.4, 0.5) is 0 Å². The van der Waals surface area contributed by atoms with E-state index >= 15 is 0 Å². The maximum atomic E-state index is 13.6. The molecule has 5 nitrogen and oxygen atoms in total. The van der Waals surface area contributed by atoms with E-state index in [-0.39, 0.29) is 30.9 Å². The Bertz CT molecular complexity index is 1620. The predicted octanol–water partition coefficient (Wildman–Crippen LogP) is 7.05. The van der Waals surface area contributed by atoms with Gasteiger partial charge in [-0.2, -0.15) is 0 Å². The van der Waals surface area contributed by atoms with Crippen molar-refractivity contribution in [3.05, 3.63) is 88.5 Å². The van der Waals surface area contributed by atoms with Gasteiger partial charge in [-0.25, -0.2) is 4.79 Å². The fourth-order valence-corrected chi connectivity index (χ4v) is 5.84. The normalized spacial score (nSPS) is 13.9. The van der Waals surface area contributed by atoms with Crippen molar-refractivity contribution in [1.82, 2.24) is 4.57 Å². The Morgan fingerprint density at radius 2 is 1.67 bits per heavy atom. The fourth-order valence-electron chi connectivity index (χ4n) is 4.07. The van der Waals surface area contributed by atoms with Gasteiger partial charge in [0.2, 0.25) is 0 Å². The number of fused-ring (bicyclic) bond motifs is 4. The van der Waals surface area contributed by atoms with Gasteiger partial charge in [-0.1, -0.05) is 72.0 Å². The second-order valence-electron chi connectivity index (χ2n) is 8.06. The number of hydrogen-bond donors (Lipinski definition) is 1. The molecule has 0 aliphatic carbocycles. The molecular formula is C23H13Cl4NO4S. The van der Waals surface area contributed by atoms with Crippen LogP contribution in [0.2, 0.25) is 20.1 Å². The second-order valence-corrected chi connectivity index (χ2v) is 10.8. The van der Waals surface area contributed by atoms with Crippen LogP contribution >= 0.6 is 58.2 Å². The summed E-state index contributed by atoms with van der Waals surface area (Å²) in [6.45, 7) is 3.89. The molecule has 5 rings (SSSR count).